The van der Waals surface area contributed by atoms with Crippen molar-refractivity contribution in [1.29, 1.82) is 0 Å². The highest BCUT2D eigenvalue weighted by Gasteiger charge is 2.37. The van der Waals surface area contributed by atoms with Crippen LogP contribution < -0.4 is 16.2 Å². The zero-order valence-corrected chi connectivity index (χ0v) is 12.2. The number of nitrogens with zero attached hydrogens (tertiary/aromatic N) is 1. The Balaban J connectivity index is 2.51. The minimum atomic E-state index is -0.156. The molecule has 0 spiro atoms. The molecule has 0 bridgehead atoms. The summed E-state index contributed by atoms with van der Waals surface area (Å²) in [5.74, 6) is 5.58. The first kappa shape index (κ1) is 13.9. The van der Waals surface area contributed by atoms with Crippen LogP contribution in [-0.4, -0.2) is 18.0 Å². The maximum absolute atomic E-state index is 11.7. The minimum Gasteiger partial charge on any atom is -0.357 e. The summed E-state index contributed by atoms with van der Waals surface area (Å²) < 4.78 is 0. The van der Waals surface area contributed by atoms with Crippen LogP contribution in [0.2, 0.25) is 0 Å². The minimum absolute atomic E-state index is 0.0506. The van der Waals surface area contributed by atoms with Crippen LogP contribution in [0.25, 0.3) is 0 Å². The average Bonchev–Trinajstić information content (AvgIpc) is 2.33. The van der Waals surface area contributed by atoms with Crippen molar-refractivity contribution in [1.82, 2.24) is 5.43 Å². The number of hydrazine groups is 1. The number of carbonyl (C=O) groups is 1. The molecule has 0 saturated carbocycles. The highest BCUT2D eigenvalue weighted by Crippen LogP contribution is 2.44. The lowest BCUT2D eigenvalue weighted by molar-refractivity contribution is -0.120. The SMILES string of the molecule is Cc1cccc2c1N(CC(=O)NN)C(C)(C)C[C@H]2C. The normalized spacial score (nSPS) is 20.9. The predicted octanol–water partition coefficient (Wildman–Crippen LogP) is 2.08. The van der Waals surface area contributed by atoms with Crippen molar-refractivity contribution < 1.29 is 4.79 Å². The zero-order valence-electron chi connectivity index (χ0n) is 12.2. The smallest absolute Gasteiger partial charge is 0.253 e. The number of hydrogen-bond acceptors (Lipinski definition) is 3. The van der Waals surface area contributed by atoms with Gasteiger partial charge in [-0.05, 0) is 44.2 Å². The zero-order chi connectivity index (χ0) is 14.2. The molecular formula is C15H23N3O. The van der Waals surface area contributed by atoms with Crippen LogP contribution >= 0.6 is 0 Å². The van der Waals surface area contributed by atoms with Crippen molar-refractivity contribution in [3.05, 3.63) is 29.3 Å². The maximum atomic E-state index is 11.7. The number of anilines is 1. The van der Waals surface area contributed by atoms with E-state index in [1.165, 1.54) is 16.8 Å². The van der Waals surface area contributed by atoms with Crippen LogP contribution in [0.1, 0.15) is 44.2 Å². The highest BCUT2D eigenvalue weighted by atomic mass is 16.2. The van der Waals surface area contributed by atoms with E-state index in [0.29, 0.717) is 12.5 Å². The standard InChI is InChI=1S/C15H23N3O/c1-10-6-5-7-12-11(2)8-15(3,4)18(14(10)12)9-13(19)17-16/h5-7,11H,8-9,16H2,1-4H3,(H,17,19)/t11-/m1/s1. The van der Waals surface area contributed by atoms with Crippen LogP contribution in [0.15, 0.2) is 18.2 Å². The lowest BCUT2D eigenvalue weighted by atomic mass is 9.79. The molecule has 0 aliphatic carbocycles. The van der Waals surface area contributed by atoms with Gasteiger partial charge in [-0.25, -0.2) is 5.84 Å². The summed E-state index contributed by atoms with van der Waals surface area (Å²) in [5, 5.41) is 0. The van der Waals surface area contributed by atoms with Gasteiger partial charge in [0.2, 0.25) is 0 Å². The second-order valence-corrected chi connectivity index (χ2v) is 6.08. The number of nitrogens with two attached hydrogens (primary N) is 1. The van der Waals surface area contributed by atoms with E-state index in [9.17, 15) is 4.79 Å². The van der Waals surface area contributed by atoms with Crippen molar-refractivity contribution in [2.75, 3.05) is 11.4 Å². The molecule has 1 aliphatic rings. The molecule has 0 fully saturated rings. The third-order valence-corrected chi connectivity index (χ3v) is 4.07. The summed E-state index contributed by atoms with van der Waals surface area (Å²) in [5.41, 5.74) is 5.90. The average molecular weight is 261 g/mol. The molecule has 104 valence electrons. The number of carbonyl (C=O) groups excluding carboxylic acids is 1. The maximum Gasteiger partial charge on any atom is 0.253 e. The molecule has 1 aromatic carbocycles. The fourth-order valence-corrected chi connectivity index (χ4v) is 3.20. The monoisotopic (exact) mass is 261 g/mol. The Morgan fingerprint density at radius 1 is 1.53 bits per heavy atom. The molecule has 0 unspecified atom stereocenters. The molecule has 0 radical (unpaired) electrons. The number of rotatable bonds is 2. The van der Waals surface area contributed by atoms with Crippen molar-refractivity contribution in [2.45, 2.75) is 45.6 Å². The van der Waals surface area contributed by atoms with Gasteiger partial charge in [0.25, 0.3) is 5.91 Å². The van der Waals surface area contributed by atoms with Crippen molar-refractivity contribution in [3.8, 4) is 0 Å². The summed E-state index contributed by atoms with van der Waals surface area (Å²) in [6.45, 7) is 9.01. The van der Waals surface area contributed by atoms with Crippen molar-refractivity contribution >= 4 is 11.6 Å². The van der Waals surface area contributed by atoms with Gasteiger partial charge < -0.3 is 4.90 Å². The third-order valence-electron chi connectivity index (χ3n) is 4.07. The summed E-state index contributed by atoms with van der Waals surface area (Å²) in [7, 11) is 0. The second-order valence-electron chi connectivity index (χ2n) is 6.08. The first-order valence-electron chi connectivity index (χ1n) is 6.73. The van der Waals surface area contributed by atoms with E-state index in [0.717, 1.165) is 6.42 Å². The third kappa shape index (κ3) is 2.45. The van der Waals surface area contributed by atoms with Crippen molar-refractivity contribution in [2.24, 2.45) is 5.84 Å². The summed E-state index contributed by atoms with van der Waals surface area (Å²) in [6.07, 6.45) is 1.03. The van der Waals surface area contributed by atoms with Gasteiger partial charge in [0.15, 0.2) is 0 Å². The van der Waals surface area contributed by atoms with Crippen LogP contribution in [-0.2, 0) is 4.79 Å². The first-order chi connectivity index (χ1) is 8.86. The van der Waals surface area contributed by atoms with Gasteiger partial charge >= 0.3 is 0 Å². The summed E-state index contributed by atoms with van der Waals surface area (Å²) >= 11 is 0. The number of hydrogen-bond donors (Lipinski definition) is 2. The number of nitrogens with one attached hydrogen (secondary N) is 1. The Bertz CT molecular complexity index is 496. The van der Waals surface area contributed by atoms with Gasteiger partial charge in [-0.3, -0.25) is 10.2 Å². The quantitative estimate of drug-likeness (QED) is 0.487. The fraction of sp³-hybridized carbons (Fsp3) is 0.533. The van der Waals surface area contributed by atoms with E-state index in [-0.39, 0.29) is 11.4 Å². The van der Waals surface area contributed by atoms with E-state index in [4.69, 9.17) is 5.84 Å². The van der Waals surface area contributed by atoms with Gasteiger partial charge in [0, 0.05) is 11.2 Å². The molecule has 1 amide bonds. The molecule has 2 rings (SSSR count). The number of amides is 1. The van der Waals surface area contributed by atoms with Gasteiger partial charge in [-0.1, -0.05) is 25.1 Å². The van der Waals surface area contributed by atoms with Crippen LogP contribution in [0.4, 0.5) is 5.69 Å². The number of para-hydroxylation sites is 1. The summed E-state index contributed by atoms with van der Waals surface area (Å²) in [6, 6.07) is 6.35. The Hall–Kier alpha value is -1.55. The molecule has 1 aromatic rings. The van der Waals surface area contributed by atoms with Gasteiger partial charge in [0.05, 0.1) is 6.54 Å². The topological polar surface area (TPSA) is 58.4 Å². The molecule has 0 aromatic heterocycles. The first-order valence-corrected chi connectivity index (χ1v) is 6.73. The largest absolute Gasteiger partial charge is 0.357 e. The van der Waals surface area contributed by atoms with E-state index in [1.54, 1.807) is 0 Å². The second kappa shape index (κ2) is 4.85. The molecule has 4 heteroatoms. The molecule has 1 aliphatic heterocycles. The number of aryl methyl sites for hydroxylation is 1. The highest BCUT2D eigenvalue weighted by molar-refractivity contribution is 5.82. The predicted molar refractivity (Wildman–Crippen MR) is 78.0 cm³/mol. The molecule has 1 atom stereocenters. The Kier molecular flexibility index (Phi) is 3.54. The Morgan fingerprint density at radius 2 is 2.21 bits per heavy atom. The molecule has 4 nitrogen and oxygen atoms in total. The van der Waals surface area contributed by atoms with E-state index >= 15 is 0 Å². The van der Waals surface area contributed by atoms with Gasteiger partial charge in [-0.2, -0.15) is 0 Å². The summed E-state index contributed by atoms with van der Waals surface area (Å²) in [4.78, 5) is 13.9. The Labute approximate surface area is 114 Å². The van der Waals surface area contributed by atoms with Crippen LogP contribution in [0.5, 0.6) is 0 Å². The fourth-order valence-electron chi connectivity index (χ4n) is 3.20. The van der Waals surface area contributed by atoms with Crippen molar-refractivity contribution in [3.63, 3.8) is 0 Å². The lowest BCUT2D eigenvalue weighted by Crippen LogP contribution is -2.53. The van der Waals surface area contributed by atoms with Gasteiger partial charge in [-0.15, -0.1) is 0 Å². The van der Waals surface area contributed by atoms with E-state index in [2.05, 4.69) is 56.2 Å². The van der Waals surface area contributed by atoms with E-state index in [1.807, 2.05) is 0 Å². The molecule has 0 saturated heterocycles. The molecule has 19 heavy (non-hydrogen) atoms. The van der Waals surface area contributed by atoms with Crippen LogP contribution in [0, 0.1) is 6.92 Å². The van der Waals surface area contributed by atoms with Crippen LogP contribution in [0.3, 0.4) is 0 Å². The van der Waals surface area contributed by atoms with E-state index < -0.39 is 0 Å². The molecule has 3 N–H and O–H groups in total. The molecule has 1 heterocycles. The molecular weight excluding hydrogens is 238 g/mol. The number of fused-ring (bicyclic) bond motifs is 1. The Morgan fingerprint density at radius 3 is 2.84 bits per heavy atom. The lowest BCUT2D eigenvalue weighted by Gasteiger charge is -2.47. The van der Waals surface area contributed by atoms with Gasteiger partial charge in [0.1, 0.15) is 0 Å². The number of benzene rings is 1.